The molecule has 0 unspecified atom stereocenters. The standard InChI is InChI=1S/C16H17N7O3/c1-10-15(11(2)23(19-10)8-14(24)25)18-16(26)13-5-3-12(4-6-13)7-22-9-17-20-21-22/h3-6,9H,7-8H2,1-2H3,(H,18,26)(H,24,25). The van der Waals surface area contributed by atoms with Crippen LogP contribution in [-0.2, 0) is 17.9 Å². The summed E-state index contributed by atoms with van der Waals surface area (Å²) in [6.07, 6.45) is 1.51. The first-order chi connectivity index (χ1) is 12.4. The number of hydrogen-bond donors (Lipinski definition) is 2. The molecule has 0 aliphatic carbocycles. The Morgan fingerprint density at radius 2 is 1.92 bits per heavy atom. The number of rotatable bonds is 6. The van der Waals surface area contributed by atoms with Crippen LogP contribution in [0.5, 0.6) is 0 Å². The van der Waals surface area contributed by atoms with Crippen LogP contribution in [0.1, 0.15) is 27.3 Å². The first-order valence-corrected chi connectivity index (χ1v) is 7.81. The third kappa shape index (κ3) is 3.74. The number of tetrazole rings is 1. The molecule has 10 heteroatoms. The molecule has 0 spiro atoms. The van der Waals surface area contributed by atoms with Gasteiger partial charge in [0.2, 0.25) is 0 Å². The van der Waals surface area contributed by atoms with E-state index in [9.17, 15) is 9.59 Å². The number of nitrogens with one attached hydrogen (secondary N) is 1. The zero-order valence-corrected chi connectivity index (χ0v) is 14.2. The van der Waals surface area contributed by atoms with Crippen molar-refractivity contribution >= 4 is 17.6 Å². The smallest absolute Gasteiger partial charge is 0.325 e. The van der Waals surface area contributed by atoms with E-state index in [0.717, 1.165) is 5.56 Å². The van der Waals surface area contributed by atoms with Crippen molar-refractivity contribution in [3.8, 4) is 0 Å². The van der Waals surface area contributed by atoms with Gasteiger partial charge in [0.1, 0.15) is 12.9 Å². The molecule has 1 amide bonds. The number of carbonyl (C=O) groups is 2. The highest BCUT2D eigenvalue weighted by Crippen LogP contribution is 2.20. The van der Waals surface area contributed by atoms with Crippen molar-refractivity contribution in [2.75, 3.05) is 5.32 Å². The first kappa shape index (κ1) is 17.3. The van der Waals surface area contributed by atoms with Crippen LogP contribution >= 0.6 is 0 Å². The molecular formula is C16H17N7O3. The molecule has 3 aromatic rings. The van der Waals surface area contributed by atoms with Crippen LogP contribution in [-0.4, -0.2) is 47.0 Å². The Morgan fingerprint density at radius 1 is 1.19 bits per heavy atom. The summed E-state index contributed by atoms with van der Waals surface area (Å²) in [6, 6.07) is 7.07. The molecule has 26 heavy (non-hydrogen) atoms. The summed E-state index contributed by atoms with van der Waals surface area (Å²) < 4.78 is 2.93. The number of carbonyl (C=O) groups excluding carboxylic acids is 1. The molecule has 10 nitrogen and oxygen atoms in total. The van der Waals surface area contributed by atoms with Gasteiger partial charge in [0.25, 0.3) is 5.91 Å². The maximum absolute atomic E-state index is 12.5. The zero-order valence-electron chi connectivity index (χ0n) is 14.2. The van der Waals surface area contributed by atoms with E-state index in [0.29, 0.717) is 29.2 Å². The van der Waals surface area contributed by atoms with Crippen molar-refractivity contribution in [1.29, 1.82) is 0 Å². The summed E-state index contributed by atoms with van der Waals surface area (Å²) >= 11 is 0. The molecule has 0 fully saturated rings. The maximum Gasteiger partial charge on any atom is 0.325 e. The fraction of sp³-hybridized carbons (Fsp3) is 0.250. The van der Waals surface area contributed by atoms with Gasteiger partial charge in [-0.1, -0.05) is 12.1 Å². The number of carboxylic acid groups (broad SMARTS) is 1. The van der Waals surface area contributed by atoms with Crippen LogP contribution < -0.4 is 5.32 Å². The molecule has 0 bridgehead atoms. The second kappa shape index (κ2) is 7.13. The number of nitrogens with zero attached hydrogens (tertiary/aromatic N) is 6. The van der Waals surface area contributed by atoms with Crippen LogP contribution in [0.15, 0.2) is 30.6 Å². The summed E-state index contributed by atoms with van der Waals surface area (Å²) in [5.74, 6) is -1.29. The fourth-order valence-corrected chi connectivity index (χ4v) is 2.55. The highest BCUT2D eigenvalue weighted by atomic mass is 16.4. The summed E-state index contributed by atoms with van der Waals surface area (Å²) in [4.78, 5) is 23.3. The number of hydrogen-bond acceptors (Lipinski definition) is 6. The minimum atomic E-state index is -0.994. The fourth-order valence-electron chi connectivity index (χ4n) is 2.55. The van der Waals surface area contributed by atoms with E-state index in [4.69, 9.17) is 5.11 Å². The average molecular weight is 355 g/mol. The van der Waals surface area contributed by atoms with Crippen LogP contribution in [0.4, 0.5) is 5.69 Å². The lowest BCUT2D eigenvalue weighted by molar-refractivity contribution is -0.137. The maximum atomic E-state index is 12.5. The second-order valence-electron chi connectivity index (χ2n) is 5.76. The highest BCUT2D eigenvalue weighted by molar-refractivity contribution is 6.04. The van der Waals surface area contributed by atoms with Crippen molar-refractivity contribution in [2.45, 2.75) is 26.9 Å². The normalized spacial score (nSPS) is 10.7. The van der Waals surface area contributed by atoms with Crippen molar-refractivity contribution in [3.63, 3.8) is 0 Å². The van der Waals surface area contributed by atoms with Gasteiger partial charge in [-0.05, 0) is 42.0 Å². The summed E-state index contributed by atoms with van der Waals surface area (Å²) in [6.45, 7) is 3.69. The lowest BCUT2D eigenvalue weighted by Gasteiger charge is -2.07. The predicted octanol–water partition coefficient (Wildman–Crippen LogP) is 0.872. The SMILES string of the molecule is Cc1nn(CC(=O)O)c(C)c1NC(=O)c1ccc(Cn2cnnn2)cc1. The van der Waals surface area contributed by atoms with Crippen molar-refractivity contribution in [3.05, 3.63) is 53.1 Å². The van der Waals surface area contributed by atoms with Crippen molar-refractivity contribution in [2.24, 2.45) is 0 Å². The summed E-state index contributed by atoms with van der Waals surface area (Å²) in [7, 11) is 0. The Morgan fingerprint density at radius 3 is 2.54 bits per heavy atom. The molecule has 3 rings (SSSR count). The Kier molecular flexibility index (Phi) is 4.74. The Labute approximate surface area is 148 Å². The van der Waals surface area contributed by atoms with Gasteiger partial charge in [-0.25, -0.2) is 4.68 Å². The number of amides is 1. The van der Waals surface area contributed by atoms with Gasteiger partial charge in [0.15, 0.2) is 0 Å². The highest BCUT2D eigenvalue weighted by Gasteiger charge is 2.16. The Hall–Kier alpha value is -3.56. The van der Waals surface area contributed by atoms with Gasteiger partial charge in [0, 0.05) is 5.56 Å². The molecule has 0 saturated carbocycles. The molecule has 2 aromatic heterocycles. The van der Waals surface area contributed by atoms with Crippen molar-refractivity contribution < 1.29 is 14.7 Å². The predicted molar refractivity (Wildman–Crippen MR) is 90.7 cm³/mol. The Balaban J connectivity index is 1.72. The van der Waals surface area contributed by atoms with E-state index in [-0.39, 0.29) is 12.5 Å². The van der Waals surface area contributed by atoms with Crippen molar-refractivity contribution in [1.82, 2.24) is 30.0 Å². The lowest BCUT2D eigenvalue weighted by atomic mass is 10.1. The number of anilines is 1. The number of benzene rings is 1. The molecule has 0 saturated heterocycles. The third-order valence-electron chi connectivity index (χ3n) is 3.86. The lowest BCUT2D eigenvalue weighted by Crippen LogP contribution is -2.14. The molecule has 0 radical (unpaired) electrons. The van der Waals surface area contributed by atoms with Gasteiger partial charge >= 0.3 is 5.97 Å². The molecule has 0 aliphatic rings. The summed E-state index contributed by atoms with van der Waals surface area (Å²) in [5.41, 5.74) is 3.11. The topological polar surface area (TPSA) is 128 Å². The van der Waals surface area contributed by atoms with E-state index in [1.54, 1.807) is 30.7 Å². The molecule has 1 aromatic carbocycles. The van der Waals surface area contributed by atoms with Gasteiger partial charge in [-0.15, -0.1) is 5.10 Å². The average Bonchev–Trinajstić information content (AvgIpc) is 3.19. The largest absolute Gasteiger partial charge is 0.480 e. The Bertz CT molecular complexity index is 930. The van der Waals surface area contributed by atoms with Gasteiger partial charge in [0.05, 0.1) is 23.6 Å². The monoisotopic (exact) mass is 355 g/mol. The van der Waals surface area contributed by atoms with Crippen LogP contribution in [0.2, 0.25) is 0 Å². The number of aliphatic carboxylic acids is 1. The quantitative estimate of drug-likeness (QED) is 0.671. The zero-order chi connectivity index (χ0) is 18.7. The molecule has 0 aliphatic heterocycles. The van der Waals surface area contributed by atoms with Crippen LogP contribution in [0, 0.1) is 13.8 Å². The van der Waals surface area contributed by atoms with E-state index < -0.39 is 5.97 Å². The number of aromatic nitrogens is 6. The van der Waals surface area contributed by atoms with Gasteiger partial charge in [-0.2, -0.15) is 5.10 Å². The molecule has 2 heterocycles. The van der Waals surface area contributed by atoms with E-state index in [1.807, 2.05) is 12.1 Å². The van der Waals surface area contributed by atoms with E-state index >= 15 is 0 Å². The van der Waals surface area contributed by atoms with E-state index in [1.165, 1.54) is 11.0 Å². The van der Waals surface area contributed by atoms with Gasteiger partial charge in [-0.3, -0.25) is 14.3 Å². The van der Waals surface area contributed by atoms with Gasteiger partial charge < -0.3 is 10.4 Å². The third-order valence-corrected chi connectivity index (χ3v) is 3.86. The molecule has 134 valence electrons. The van der Waals surface area contributed by atoms with Crippen LogP contribution in [0.3, 0.4) is 0 Å². The minimum absolute atomic E-state index is 0.256. The molecular weight excluding hydrogens is 338 g/mol. The second-order valence-corrected chi connectivity index (χ2v) is 5.76. The van der Waals surface area contributed by atoms with E-state index in [2.05, 4.69) is 25.9 Å². The molecule has 2 N–H and O–H groups in total. The summed E-state index contributed by atoms with van der Waals surface area (Å²) in [5, 5.41) is 26.8. The number of carboxylic acids is 1. The number of aryl methyl sites for hydroxylation is 1. The first-order valence-electron chi connectivity index (χ1n) is 7.81. The van der Waals surface area contributed by atoms with Crippen LogP contribution in [0.25, 0.3) is 0 Å². The molecule has 0 atom stereocenters. The minimum Gasteiger partial charge on any atom is -0.480 e.